The lowest BCUT2D eigenvalue weighted by Crippen LogP contribution is -2.03. The monoisotopic (exact) mass is 209 g/mol. The first-order chi connectivity index (χ1) is 6.74. The quantitative estimate of drug-likeness (QED) is 0.745. The van der Waals surface area contributed by atoms with Gasteiger partial charge in [0.25, 0.3) is 0 Å². The van der Waals surface area contributed by atoms with Crippen LogP contribution in [0, 0.1) is 13.8 Å². The molecule has 14 heavy (non-hydrogen) atoms. The number of hydrogen-bond donors (Lipinski definition) is 1. The minimum Gasteiger partial charge on any atom is -0.385 e. The van der Waals surface area contributed by atoms with E-state index in [2.05, 4.69) is 43.6 Å². The molecule has 0 spiro atoms. The van der Waals surface area contributed by atoms with Crippen molar-refractivity contribution in [2.24, 2.45) is 0 Å². The second kappa shape index (κ2) is 5.97. The molecule has 0 heterocycles. The summed E-state index contributed by atoms with van der Waals surface area (Å²) in [5.74, 6) is 1.23. The molecule has 0 saturated carbocycles. The number of thioether (sulfide) groups is 1. The molecule has 1 rings (SSSR count). The molecule has 78 valence electrons. The normalized spacial score (nSPS) is 10.2. The average Bonchev–Trinajstić information content (AvgIpc) is 2.15. The van der Waals surface area contributed by atoms with Crippen molar-refractivity contribution in [3.8, 4) is 0 Å². The van der Waals surface area contributed by atoms with Crippen LogP contribution in [0.25, 0.3) is 0 Å². The van der Waals surface area contributed by atoms with E-state index >= 15 is 0 Å². The van der Waals surface area contributed by atoms with Gasteiger partial charge in [-0.15, -0.1) is 0 Å². The maximum absolute atomic E-state index is 3.46. The molecule has 0 unspecified atom stereocenters. The first-order valence-corrected chi connectivity index (χ1v) is 6.43. The number of anilines is 1. The van der Waals surface area contributed by atoms with Crippen molar-refractivity contribution in [1.29, 1.82) is 0 Å². The van der Waals surface area contributed by atoms with E-state index in [1.165, 1.54) is 29.0 Å². The number of aryl methyl sites for hydroxylation is 2. The fraction of sp³-hybridized carbons (Fsp3) is 0.500. The first kappa shape index (κ1) is 11.4. The van der Waals surface area contributed by atoms with E-state index in [-0.39, 0.29) is 0 Å². The third-order valence-electron chi connectivity index (χ3n) is 2.22. The summed E-state index contributed by atoms with van der Waals surface area (Å²) < 4.78 is 0. The molecule has 0 atom stereocenters. The summed E-state index contributed by atoms with van der Waals surface area (Å²) in [6.45, 7) is 5.36. The van der Waals surface area contributed by atoms with Gasteiger partial charge >= 0.3 is 0 Å². The lowest BCUT2D eigenvalue weighted by atomic mass is 10.1. The Morgan fingerprint density at radius 2 is 2.07 bits per heavy atom. The average molecular weight is 209 g/mol. The molecule has 0 saturated heterocycles. The topological polar surface area (TPSA) is 12.0 Å². The predicted octanol–water partition coefficient (Wildman–Crippen LogP) is 3.47. The molecule has 0 radical (unpaired) electrons. The fourth-order valence-corrected chi connectivity index (χ4v) is 1.88. The molecular formula is C12H19NS. The molecule has 0 aliphatic heterocycles. The molecule has 0 aliphatic carbocycles. The van der Waals surface area contributed by atoms with Gasteiger partial charge in [0.15, 0.2) is 0 Å². The fourth-order valence-electron chi connectivity index (χ4n) is 1.45. The van der Waals surface area contributed by atoms with Gasteiger partial charge in [-0.2, -0.15) is 11.8 Å². The maximum Gasteiger partial charge on any atom is 0.0370 e. The molecule has 1 N–H and O–H groups in total. The van der Waals surface area contributed by atoms with E-state index in [0.717, 1.165) is 6.54 Å². The van der Waals surface area contributed by atoms with Crippen molar-refractivity contribution in [2.45, 2.75) is 20.3 Å². The van der Waals surface area contributed by atoms with Crippen LogP contribution in [0.2, 0.25) is 0 Å². The van der Waals surface area contributed by atoms with E-state index in [0.29, 0.717) is 0 Å². The summed E-state index contributed by atoms with van der Waals surface area (Å²) in [6.07, 6.45) is 3.38. The zero-order valence-electron chi connectivity index (χ0n) is 9.26. The van der Waals surface area contributed by atoms with Crippen molar-refractivity contribution in [2.75, 3.05) is 23.9 Å². The Hall–Kier alpha value is -0.630. The summed E-state index contributed by atoms with van der Waals surface area (Å²) in [5, 5.41) is 3.46. The Bertz CT molecular complexity index is 284. The van der Waals surface area contributed by atoms with Crippen molar-refractivity contribution in [3.05, 3.63) is 29.3 Å². The molecule has 1 aromatic carbocycles. The first-order valence-electron chi connectivity index (χ1n) is 5.04. The molecule has 0 bridgehead atoms. The second-order valence-corrected chi connectivity index (χ2v) is 4.58. The smallest absolute Gasteiger partial charge is 0.0370 e. The Morgan fingerprint density at radius 1 is 1.29 bits per heavy atom. The standard InChI is InChI=1S/C12H19NS/c1-10-5-6-12(11(2)9-10)13-7-4-8-14-3/h5-6,9,13H,4,7-8H2,1-3H3. The van der Waals surface area contributed by atoms with Gasteiger partial charge in [-0.3, -0.25) is 0 Å². The molecule has 2 heteroatoms. The highest BCUT2D eigenvalue weighted by Gasteiger charge is 1.96. The van der Waals surface area contributed by atoms with Gasteiger partial charge in [0.1, 0.15) is 0 Å². The second-order valence-electron chi connectivity index (χ2n) is 3.59. The van der Waals surface area contributed by atoms with Gasteiger partial charge in [-0.25, -0.2) is 0 Å². The lowest BCUT2D eigenvalue weighted by molar-refractivity contribution is 0.990. The largest absolute Gasteiger partial charge is 0.385 e. The highest BCUT2D eigenvalue weighted by atomic mass is 32.2. The van der Waals surface area contributed by atoms with Crippen LogP contribution in [0.3, 0.4) is 0 Å². The molecule has 0 fully saturated rings. The summed E-state index contributed by atoms with van der Waals surface area (Å²) in [6, 6.07) is 6.55. The zero-order chi connectivity index (χ0) is 10.4. The highest BCUT2D eigenvalue weighted by Crippen LogP contribution is 2.15. The summed E-state index contributed by atoms with van der Waals surface area (Å²) in [4.78, 5) is 0. The number of hydrogen-bond acceptors (Lipinski definition) is 2. The van der Waals surface area contributed by atoms with Gasteiger partial charge in [0.2, 0.25) is 0 Å². The van der Waals surface area contributed by atoms with Crippen LogP contribution >= 0.6 is 11.8 Å². The van der Waals surface area contributed by atoms with E-state index in [1.807, 2.05) is 11.8 Å². The van der Waals surface area contributed by atoms with Crippen LogP contribution in [-0.2, 0) is 0 Å². The molecular weight excluding hydrogens is 190 g/mol. The van der Waals surface area contributed by atoms with E-state index in [9.17, 15) is 0 Å². The van der Waals surface area contributed by atoms with Gasteiger partial charge in [0.05, 0.1) is 0 Å². The van der Waals surface area contributed by atoms with Crippen LogP contribution in [0.5, 0.6) is 0 Å². The van der Waals surface area contributed by atoms with Crippen molar-refractivity contribution in [1.82, 2.24) is 0 Å². The molecule has 0 aromatic heterocycles. The molecule has 0 aliphatic rings. The summed E-state index contributed by atoms with van der Waals surface area (Å²) in [7, 11) is 0. The SMILES string of the molecule is CSCCCNc1ccc(C)cc1C. The van der Waals surface area contributed by atoms with Gasteiger partial charge in [0, 0.05) is 12.2 Å². The van der Waals surface area contributed by atoms with E-state index in [4.69, 9.17) is 0 Å². The molecule has 1 aromatic rings. The van der Waals surface area contributed by atoms with Crippen molar-refractivity contribution >= 4 is 17.4 Å². The third kappa shape index (κ3) is 3.62. The van der Waals surface area contributed by atoms with Crippen LogP contribution in [0.15, 0.2) is 18.2 Å². The highest BCUT2D eigenvalue weighted by molar-refractivity contribution is 7.98. The number of nitrogens with one attached hydrogen (secondary N) is 1. The summed E-state index contributed by atoms with van der Waals surface area (Å²) in [5.41, 5.74) is 3.95. The van der Waals surface area contributed by atoms with Crippen LogP contribution < -0.4 is 5.32 Å². The third-order valence-corrected chi connectivity index (χ3v) is 2.92. The van der Waals surface area contributed by atoms with Crippen LogP contribution in [0.1, 0.15) is 17.5 Å². The Balaban J connectivity index is 2.42. The van der Waals surface area contributed by atoms with E-state index < -0.39 is 0 Å². The minimum absolute atomic E-state index is 1.07. The lowest BCUT2D eigenvalue weighted by Gasteiger charge is -2.09. The molecule has 0 amide bonds. The summed E-state index contributed by atoms with van der Waals surface area (Å²) >= 11 is 1.90. The Labute approximate surface area is 91.3 Å². The Kier molecular flexibility index (Phi) is 4.88. The van der Waals surface area contributed by atoms with Gasteiger partial charge in [-0.05, 0) is 43.9 Å². The minimum atomic E-state index is 1.07. The number of benzene rings is 1. The van der Waals surface area contributed by atoms with Crippen LogP contribution in [-0.4, -0.2) is 18.6 Å². The molecule has 1 nitrogen and oxygen atoms in total. The maximum atomic E-state index is 3.46. The van der Waals surface area contributed by atoms with E-state index in [1.54, 1.807) is 0 Å². The Morgan fingerprint density at radius 3 is 2.71 bits per heavy atom. The van der Waals surface area contributed by atoms with Crippen LogP contribution in [0.4, 0.5) is 5.69 Å². The van der Waals surface area contributed by atoms with Crippen molar-refractivity contribution < 1.29 is 0 Å². The van der Waals surface area contributed by atoms with Crippen molar-refractivity contribution in [3.63, 3.8) is 0 Å². The van der Waals surface area contributed by atoms with Gasteiger partial charge < -0.3 is 5.32 Å². The number of rotatable bonds is 5. The zero-order valence-corrected chi connectivity index (χ0v) is 10.1. The van der Waals surface area contributed by atoms with Gasteiger partial charge in [-0.1, -0.05) is 17.7 Å². The predicted molar refractivity (Wildman–Crippen MR) is 67.4 cm³/mol.